The maximum atomic E-state index is 13.1. The van der Waals surface area contributed by atoms with Crippen LogP contribution in [0, 0.1) is 5.92 Å². The lowest BCUT2D eigenvalue weighted by Gasteiger charge is -2.23. The molecular formula is C26H29NO4. The third-order valence-electron chi connectivity index (χ3n) is 5.36. The van der Waals surface area contributed by atoms with Gasteiger partial charge in [0.05, 0.1) is 26.2 Å². The zero-order valence-electron chi connectivity index (χ0n) is 18.0. The molecule has 0 aliphatic rings. The van der Waals surface area contributed by atoms with E-state index in [0.717, 1.165) is 18.6 Å². The van der Waals surface area contributed by atoms with Gasteiger partial charge in [-0.1, -0.05) is 42.5 Å². The normalized spacial score (nSPS) is 12.6. The molecule has 0 heterocycles. The van der Waals surface area contributed by atoms with Gasteiger partial charge in [0.15, 0.2) is 0 Å². The monoisotopic (exact) mass is 419 g/mol. The summed E-state index contributed by atoms with van der Waals surface area (Å²) in [4.78, 5) is 13.1. The van der Waals surface area contributed by atoms with Crippen molar-refractivity contribution >= 4 is 11.6 Å². The minimum atomic E-state index is -0.917. The van der Waals surface area contributed by atoms with Crippen LogP contribution < -0.4 is 14.8 Å². The molecule has 3 aromatic rings. The molecule has 0 fully saturated rings. The quantitative estimate of drug-likeness (QED) is 0.484. The highest BCUT2D eigenvalue weighted by Gasteiger charge is 2.28. The average Bonchev–Trinajstić information content (AvgIpc) is 2.82. The van der Waals surface area contributed by atoms with Crippen molar-refractivity contribution in [1.82, 2.24) is 0 Å². The predicted molar refractivity (Wildman–Crippen MR) is 122 cm³/mol. The van der Waals surface area contributed by atoms with Crippen molar-refractivity contribution < 1.29 is 19.4 Å². The van der Waals surface area contributed by atoms with Crippen molar-refractivity contribution in [2.45, 2.75) is 25.4 Å². The van der Waals surface area contributed by atoms with Crippen LogP contribution in [0.3, 0.4) is 0 Å². The number of anilines is 1. The fourth-order valence-corrected chi connectivity index (χ4v) is 3.55. The Morgan fingerprint density at radius 2 is 1.45 bits per heavy atom. The Labute approximate surface area is 183 Å². The van der Waals surface area contributed by atoms with Gasteiger partial charge in [0.1, 0.15) is 11.5 Å². The van der Waals surface area contributed by atoms with Crippen LogP contribution in [0.5, 0.6) is 11.5 Å². The van der Waals surface area contributed by atoms with Gasteiger partial charge in [0.2, 0.25) is 5.91 Å². The van der Waals surface area contributed by atoms with Crippen LogP contribution in [0.25, 0.3) is 0 Å². The molecule has 0 spiro atoms. The van der Waals surface area contributed by atoms with E-state index in [1.807, 2.05) is 18.2 Å². The molecule has 3 rings (SSSR count). The smallest absolute Gasteiger partial charge is 0.230 e. The van der Waals surface area contributed by atoms with Gasteiger partial charge in [-0.3, -0.25) is 4.79 Å². The standard InChI is InChI=1S/C26H29NO4/c1-30-22-15-11-20(12-16-22)25(28)24(10-6-9-19-7-4-3-5-8-19)26(29)27-21-13-17-23(31-2)18-14-21/h3-5,7-8,11-18,24-25,28H,6,9-10H2,1-2H3,(H,27,29)/t24-,25+/m1/s1. The predicted octanol–water partition coefficient (Wildman–Crippen LogP) is 5.02. The summed E-state index contributed by atoms with van der Waals surface area (Å²) in [6.45, 7) is 0. The van der Waals surface area contributed by atoms with Gasteiger partial charge >= 0.3 is 0 Å². The first-order valence-electron chi connectivity index (χ1n) is 10.4. The summed E-state index contributed by atoms with van der Waals surface area (Å²) < 4.78 is 10.4. The number of ether oxygens (including phenoxy) is 2. The highest BCUT2D eigenvalue weighted by Crippen LogP contribution is 2.29. The van der Waals surface area contributed by atoms with E-state index < -0.39 is 12.0 Å². The zero-order chi connectivity index (χ0) is 22.1. The van der Waals surface area contributed by atoms with E-state index >= 15 is 0 Å². The largest absolute Gasteiger partial charge is 0.497 e. The van der Waals surface area contributed by atoms with Crippen molar-refractivity contribution in [3.8, 4) is 11.5 Å². The Balaban J connectivity index is 1.73. The summed E-state index contributed by atoms with van der Waals surface area (Å²) in [5.41, 5.74) is 2.58. The molecule has 0 unspecified atom stereocenters. The average molecular weight is 420 g/mol. The second-order valence-electron chi connectivity index (χ2n) is 7.42. The molecule has 2 N–H and O–H groups in total. The minimum absolute atomic E-state index is 0.207. The van der Waals surface area contributed by atoms with E-state index in [1.54, 1.807) is 62.8 Å². The number of benzene rings is 3. The SMILES string of the molecule is COc1ccc(NC(=O)[C@H](CCCc2ccccc2)[C@@H](O)c2ccc(OC)cc2)cc1. The highest BCUT2D eigenvalue weighted by atomic mass is 16.5. The van der Waals surface area contributed by atoms with Crippen LogP contribution in [0.15, 0.2) is 78.9 Å². The van der Waals surface area contributed by atoms with Crippen LogP contribution >= 0.6 is 0 Å². The fourth-order valence-electron chi connectivity index (χ4n) is 3.55. The van der Waals surface area contributed by atoms with Crippen LogP contribution in [-0.4, -0.2) is 25.2 Å². The van der Waals surface area contributed by atoms with E-state index in [9.17, 15) is 9.90 Å². The van der Waals surface area contributed by atoms with Gasteiger partial charge in [-0.05, 0) is 66.8 Å². The second kappa shape index (κ2) is 11.2. The Morgan fingerprint density at radius 1 is 0.871 bits per heavy atom. The summed E-state index contributed by atoms with van der Waals surface area (Å²) in [5.74, 6) is 0.635. The summed E-state index contributed by atoms with van der Waals surface area (Å²) in [6.07, 6.45) is 1.28. The molecule has 3 aromatic carbocycles. The van der Waals surface area contributed by atoms with Crippen molar-refractivity contribution in [2.24, 2.45) is 5.92 Å². The van der Waals surface area contributed by atoms with Gasteiger partial charge in [0.25, 0.3) is 0 Å². The zero-order valence-corrected chi connectivity index (χ0v) is 18.0. The number of aliphatic hydroxyl groups excluding tert-OH is 1. The number of nitrogens with one attached hydrogen (secondary N) is 1. The van der Waals surface area contributed by atoms with Crippen molar-refractivity contribution in [2.75, 3.05) is 19.5 Å². The molecule has 0 aliphatic heterocycles. The van der Waals surface area contributed by atoms with Crippen LogP contribution in [0.2, 0.25) is 0 Å². The molecule has 0 bridgehead atoms. The van der Waals surface area contributed by atoms with Gasteiger partial charge in [-0.25, -0.2) is 0 Å². The first-order chi connectivity index (χ1) is 15.1. The topological polar surface area (TPSA) is 67.8 Å². The van der Waals surface area contributed by atoms with E-state index in [-0.39, 0.29) is 5.91 Å². The summed E-state index contributed by atoms with van der Waals surface area (Å²) in [6, 6.07) is 24.5. The van der Waals surface area contributed by atoms with Gasteiger partial charge in [-0.15, -0.1) is 0 Å². The summed E-state index contributed by atoms with van der Waals surface area (Å²) in [7, 11) is 3.20. The fraction of sp³-hybridized carbons (Fsp3) is 0.269. The van der Waals surface area contributed by atoms with E-state index in [1.165, 1.54) is 5.56 Å². The lowest BCUT2D eigenvalue weighted by atomic mass is 9.89. The van der Waals surface area contributed by atoms with Gasteiger partial charge in [-0.2, -0.15) is 0 Å². The number of amides is 1. The maximum absolute atomic E-state index is 13.1. The van der Waals surface area contributed by atoms with E-state index in [0.29, 0.717) is 23.4 Å². The Morgan fingerprint density at radius 3 is 2.03 bits per heavy atom. The van der Waals surface area contributed by atoms with Crippen molar-refractivity contribution in [1.29, 1.82) is 0 Å². The first kappa shape index (κ1) is 22.4. The molecule has 0 aliphatic carbocycles. The van der Waals surface area contributed by atoms with Gasteiger partial charge in [0, 0.05) is 5.69 Å². The van der Waals surface area contributed by atoms with Crippen molar-refractivity contribution in [3.63, 3.8) is 0 Å². The summed E-state index contributed by atoms with van der Waals surface area (Å²) in [5, 5.41) is 14.0. The molecule has 0 saturated heterocycles. The molecule has 162 valence electrons. The maximum Gasteiger partial charge on any atom is 0.230 e. The number of carbonyl (C=O) groups is 1. The van der Waals surface area contributed by atoms with E-state index in [4.69, 9.17) is 9.47 Å². The Hall–Kier alpha value is -3.31. The van der Waals surface area contributed by atoms with Crippen LogP contribution in [-0.2, 0) is 11.2 Å². The molecule has 5 heteroatoms. The molecule has 2 atom stereocenters. The first-order valence-corrected chi connectivity index (χ1v) is 10.4. The third kappa shape index (κ3) is 6.33. The van der Waals surface area contributed by atoms with Crippen LogP contribution in [0.1, 0.15) is 30.1 Å². The minimum Gasteiger partial charge on any atom is -0.497 e. The molecule has 0 saturated carbocycles. The van der Waals surface area contributed by atoms with Crippen LogP contribution in [0.4, 0.5) is 5.69 Å². The lowest BCUT2D eigenvalue weighted by Crippen LogP contribution is -2.28. The molecule has 1 amide bonds. The molecule has 0 radical (unpaired) electrons. The molecule has 5 nitrogen and oxygen atoms in total. The second-order valence-corrected chi connectivity index (χ2v) is 7.42. The number of carbonyl (C=O) groups excluding carboxylic acids is 1. The number of hydrogen-bond donors (Lipinski definition) is 2. The Kier molecular flexibility index (Phi) is 8.07. The van der Waals surface area contributed by atoms with Crippen molar-refractivity contribution in [3.05, 3.63) is 90.0 Å². The number of methoxy groups -OCH3 is 2. The number of aliphatic hydroxyl groups is 1. The molecule has 0 aromatic heterocycles. The molecular weight excluding hydrogens is 390 g/mol. The highest BCUT2D eigenvalue weighted by molar-refractivity contribution is 5.93. The number of hydrogen-bond acceptors (Lipinski definition) is 4. The Bertz CT molecular complexity index is 939. The number of rotatable bonds is 10. The number of aryl methyl sites for hydroxylation is 1. The lowest BCUT2D eigenvalue weighted by molar-refractivity contribution is -0.123. The third-order valence-corrected chi connectivity index (χ3v) is 5.36. The summed E-state index contributed by atoms with van der Waals surface area (Å²) >= 11 is 0. The van der Waals surface area contributed by atoms with E-state index in [2.05, 4.69) is 17.4 Å². The van der Waals surface area contributed by atoms with Gasteiger partial charge < -0.3 is 19.9 Å². The molecule has 31 heavy (non-hydrogen) atoms.